The third-order valence-corrected chi connectivity index (χ3v) is 5.07. The number of hydrogen-bond acceptors (Lipinski definition) is 6. The minimum Gasteiger partial charge on any atom is -0.373 e. The molecule has 2 heterocycles. The van der Waals surface area contributed by atoms with Crippen molar-refractivity contribution in [1.29, 1.82) is 0 Å². The summed E-state index contributed by atoms with van der Waals surface area (Å²) < 4.78 is 26.6. The fourth-order valence-corrected chi connectivity index (χ4v) is 3.33. The second kappa shape index (κ2) is 6.29. The lowest BCUT2D eigenvalue weighted by atomic mass is 10.4. The van der Waals surface area contributed by atoms with Gasteiger partial charge in [0.15, 0.2) is 0 Å². The van der Waals surface area contributed by atoms with Crippen molar-refractivity contribution in [3.05, 3.63) is 34.4 Å². The van der Waals surface area contributed by atoms with Crippen LogP contribution in [0.2, 0.25) is 0 Å². The summed E-state index contributed by atoms with van der Waals surface area (Å²) in [6.07, 6.45) is 1.92. The van der Waals surface area contributed by atoms with Crippen molar-refractivity contribution in [2.45, 2.75) is 18.2 Å². The Morgan fingerprint density at radius 2 is 2.15 bits per heavy atom. The number of thiazole rings is 1. The summed E-state index contributed by atoms with van der Waals surface area (Å²) in [5.41, 5.74) is 0.958. The van der Waals surface area contributed by atoms with E-state index >= 15 is 0 Å². The molecule has 0 amide bonds. The summed E-state index contributed by atoms with van der Waals surface area (Å²) in [7, 11) is -1.79. The molecule has 20 heavy (non-hydrogen) atoms. The van der Waals surface area contributed by atoms with E-state index in [1.54, 1.807) is 13.1 Å². The van der Waals surface area contributed by atoms with Gasteiger partial charge in [0.1, 0.15) is 10.7 Å². The zero-order valence-electron chi connectivity index (χ0n) is 11.3. The molecule has 0 aromatic carbocycles. The summed E-state index contributed by atoms with van der Waals surface area (Å²) in [6.45, 7) is 2.24. The van der Waals surface area contributed by atoms with E-state index in [0.29, 0.717) is 18.8 Å². The van der Waals surface area contributed by atoms with Crippen molar-refractivity contribution in [3.8, 4) is 0 Å². The van der Waals surface area contributed by atoms with Gasteiger partial charge in [0.2, 0.25) is 10.0 Å². The lowest BCUT2D eigenvalue weighted by Gasteiger charge is -2.06. The predicted molar refractivity (Wildman–Crippen MR) is 79.5 cm³/mol. The Hall–Kier alpha value is -1.51. The highest BCUT2D eigenvalue weighted by molar-refractivity contribution is 7.89. The molecule has 0 fully saturated rings. The van der Waals surface area contributed by atoms with Crippen molar-refractivity contribution in [3.63, 3.8) is 0 Å². The second-order valence-electron chi connectivity index (χ2n) is 4.16. The van der Waals surface area contributed by atoms with E-state index in [0.717, 1.165) is 10.7 Å². The highest BCUT2D eigenvalue weighted by atomic mass is 32.2. The SMILES string of the molecule is CNc1ccc(S(=O)(=O)NCCc2nc(C)cs2)cn1. The number of pyridine rings is 1. The molecule has 0 aliphatic carbocycles. The molecule has 2 aromatic rings. The van der Waals surface area contributed by atoms with Crippen LogP contribution in [0.3, 0.4) is 0 Å². The summed E-state index contributed by atoms with van der Waals surface area (Å²) in [6, 6.07) is 3.15. The molecule has 0 unspecified atom stereocenters. The van der Waals surface area contributed by atoms with E-state index in [-0.39, 0.29) is 4.90 Å². The van der Waals surface area contributed by atoms with Crippen molar-refractivity contribution in [2.24, 2.45) is 0 Å². The molecule has 0 spiro atoms. The molecule has 2 rings (SSSR count). The van der Waals surface area contributed by atoms with E-state index in [1.807, 2.05) is 12.3 Å². The zero-order valence-corrected chi connectivity index (χ0v) is 12.9. The Morgan fingerprint density at radius 3 is 2.70 bits per heavy atom. The van der Waals surface area contributed by atoms with E-state index in [4.69, 9.17) is 0 Å². The molecular formula is C12H16N4O2S2. The molecule has 8 heteroatoms. The molecule has 0 saturated heterocycles. The summed E-state index contributed by atoms with van der Waals surface area (Å²) in [5, 5.41) is 5.71. The topological polar surface area (TPSA) is 84.0 Å². The molecule has 2 aromatic heterocycles. The maximum atomic E-state index is 12.0. The number of aryl methyl sites for hydroxylation is 1. The van der Waals surface area contributed by atoms with E-state index < -0.39 is 10.0 Å². The fraction of sp³-hybridized carbons (Fsp3) is 0.333. The van der Waals surface area contributed by atoms with Crippen LogP contribution in [0, 0.1) is 6.92 Å². The highest BCUT2D eigenvalue weighted by Crippen LogP contribution is 2.11. The van der Waals surface area contributed by atoms with Gasteiger partial charge in [-0.15, -0.1) is 11.3 Å². The van der Waals surface area contributed by atoms with Crippen molar-refractivity contribution >= 4 is 27.2 Å². The van der Waals surface area contributed by atoms with Crippen LogP contribution < -0.4 is 10.0 Å². The summed E-state index contributed by atoms with van der Waals surface area (Å²) in [5.74, 6) is 0.627. The van der Waals surface area contributed by atoms with Gasteiger partial charge >= 0.3 is 0 Å². The Labute approximate surface area is 122 Å². The number of hydrogen-bond donors (Lipinski definition) is 2. The van der Waals surface area contributed by atoms with Crippen molar-refractivity contribution in [2.75, 3.05) is 18.9 Å². The van der Waals surface area contributed by atoms with Gasteiger partial charge in [0.05, 0.1) is 5.01 Å². The number of anilines is 1. The van der Waals surface area contributed by atoms with Crippen LogP contribution in [-0.4, -0.2) is 32.0 Å². The fourth-order valence-electron chi connectivity index (χ4n) is 1.58. The maximum Gasteiger partial charge on any atom is 0.242 e. The second-order valence-corrected chi connectivity index (χ2v) is 6.87. The molecule has 0 aliphatic heterocycles. The average Bonchev–Trinajstić information content (AvgIpc) is 2.84. The van der Waals surface area contributed by atoms with E-state index in [9.17, 15) is 8.42 Å². The molecular weight excluding hydrogens is 296 g/mol. The van der Waals surface area contributed by atoms with Crippen LogP contribution in [0.15, 0.2) is 28.6 Å². The molecule has 6 nitrogen and oxygen atoms in total. The number of sulfonamides is 1. The first-order valence-corrected chi connectivity index (χ1v) is 8.42. The minimum absolute atomic E-state index is 0.159. The largest absolute Gasteiger partial charge is 0.373 e. The van der Waals surface area contributed by atoms with Crippen LogP contribution in [0.25, 0.3) is 0 Å². The third kappa shape index (κ3) is 3.75. The van der Waals surface area contributed by atoms with Crippen molar-refractivity contribution in [1.82, 2.24) is 14.7 Å². The van der Waals surface area contributed by atoms with Crippen LogP contribution in [0.1, 0.15) is 10.7 Å². The van der Waals surface area contributed by atoms with Gasteiger partial charge < -0.3 is 5.32 Å². The van der Waals surface area contributed by atoms with E-state index in [2.05, 4.69) is 20.0 Å². The maximum absolute atomic E-state index is 12.0. The Kier molecular flexibility index (Phi) is 4.69. The average molecular weight is 312 g/mol. The standard InChI is InChI=1S/C12H16N4O2S2/c1-9-8-19-12(16-9)5-6-15-20(17,18)10-3-4-11(13-2)14-7-10/h3-4,7-8,15H,5-6H2,1-2H3,(H,13,14). The van der Waals surface area contributed by atoms with Gasteiger partial charge in [0, 0.05) is 37.3 Å². The highest BCUT2D eigenvalue weighted by Gasteiger charge is 2.14. The van der Waals surface area contributed by atoms with Crippen LogP contribution >= 0.6 is 11.3 Å². The zero-order chi connectivity index (χ0) is 14.6. The Balaban J connectivity index is 1.96. The smallest absolute Gasteiger partial charge is 0.242 e. The predicted octanol–water partition coefficient (Wildman–Crippen LogP) is 1.41. The van der Waals surface area contributed by atoms with Crippen LogP contribution in [0.5, 0.6) is 0 Å². The summed E-state index contributed by atoms with van der Waals surface area (Å²) in [4.78, 5) is 8.44. The summed E-state index contributed by atoms with van der Waals surface area (Å²) >= 11 is 1.53. The van der Waals surface area contributed by atoms with Crippen LogP contribution in [-0.2, 0) is 16.4 Å². The molecule has 0 bridgehead atoms. The van der Waals surface area contributed by atoms with Gasteiger partial charge in [-0.25, -0.2) is 23.1 Å². The van der Waals surface area contributed by atoms with Gasteiger partial charge in [0.25, 0.3) is 0 Å². The van der Waals surface area contributed by atoms with Gasteiger partial charge in [-0.1, -0.05) is 0 Å². The quantitative estimate of drug-likeness (QED) is 0.842. The number of aromatic nitrogens is 2. The molecule has 0 atom stereocenters. The Morgan fingerprint density at radius 1 is 1.35 bits per heavy atom. The molecule has 0 aliphatic rings. The monoisotopic (exact) mass is 312 g/mol. The number of nitrogens with one attached hydrogen (secondary N) is 2. The van der Waals surface area contributed by atoms with Crippen molar-refractivity contribution < 1.29 is 8.42 Å². The first-order chi connectivity index (χ1) is 9.51. The first-order valence-electron chi connectivity index (χ1n) is 6.06. The first kappa shape index (κ1) is 14.9. The molecule has 2 N–H and O–H groups in total. The van der Waals surface area contributed by atoms with E-state index in [1.165, 1.54) is 23.6 Å². The molecule has 0 radical (unpaired) electrons. The number of rotatable bonds is 6. The molecule has 0 saturated carbocycles. The van der Waals surface area contributed by atoms with Gasteiger partial charge in [-0.05, 0) is 19.1 Å². The lowest BCUT2D eigenvalue weighted by molar-refractivity contribution is 0.581. The normalized spacial score (nSPS) is 11.5. The van der Waals surface area contributed by atoms with Crippen LogP contribution in [0.4, 0.5) is 5.82 Å². The van der Waals surface area contributed by atoms with Gasteiger partial charge in [-0.2, -0.15) is 0 Å². The third-order valence-electron chi connectivity index (χ3n) is 2.60. The minimum atomic E-state index is -3.51. The molecule has 108 valence electrons. The van der Waals surface area contributed by atoms with Gasteiger partial charge in [-0.3, -0.25) is 0 Å². The lowest BCUT2D eigenvalue weighted by Crippen LogP contribution is -2.26. The Bertz CT molecular complexity index is 665. The number of nitrogens with zero attached hydrogens (tertiary/aromatic N) is 2.